The lowest BCUT2D eigenvalue weighted by Gasteiger charge is -2.11. The first-order chi connectivity index (χ1) is 31.1. The molecule has 0 fully saturated rings. The van der Waals surface area contributed by atoms with Gasteiger partial charge in [-0.15, -0.1) is 0 Å². The maximum absolute atomic E-state index is 6.70. The van der Waals surface area contributed by atoms with Crippen LogP contribution in [0, 0.1) is 0 Å². The fourth-order valence-electron chi connectivity index (χ4n) is 9.07. The average Bonchev–Trinajstić information content (AvgIpc) is 3.96. The van der Waals surface area contributed by atoms with Crippen LogP contribution in [0.3, 0.4) is 0 Å². The molecule has 0 radical (unpaired) electrons. The van der Waals surface area contributed by atoms with Gasteiger partial charge in [-0.05, 0) is 109 Å². The molecule has 6 aromatic heterocycles. The zero-order chi connectivity index (χ0) is 42.0. The van der Waals surface area contributed by atoms with Gasteiger partial charge in [0.05, 0.1) is 33.1 Å². The summed E-state index contributed by atoms with van der Waals surface area (Å²) < 4.78 is 19.9. The highest BCUT2D eigenvalue weighted by atomic mass is 16.5. The Morgan fingerprint density at radius 1 is 0.381 bits per heavy atom. The second kappa shape index (κ2) is 14.7. The number of hydrogen-bond donors (Lipinski definition) is 0. The van der Waals surface area contributed by atoms with Crippen molar-refractivity contribution in [2.45, 2.75) is 26.7 Å². The van der Waals surface area contributed by atoms with Gasteiger partial charge < -0.3 is 9.47 Å². The van der Waals surface area contributed by atoms with E-state index in [0.29, 0.717) is 28.9 Å². The lowest BCUT2D eigenvalue weighted by atomic mass is 10.1. The van der Waals surface area contributed by atoms with Gasteiger partial charge in [0.1, 0.15) is 47.3 Å². The van der Waals surface area contributed by atoms with Crippen LogP contribution in [0.5, 0.6) is 23.0 Å². The first-order valence-corrected chi connectivity index (χ1v) is 21.1. The number of fused-ring (bicyclic) bond motifs is 9. The molecule has 0 N–H and O–H groups in total. The summed E-state index contributed by atoms with van der Waals surface area (Å²) in [6.07, 6.45) is 8.65. The third-order valence-corrected chi connectivity index (χ3v) is 12.0. The van der Waals surface area contributed by atoms with Gasteiger partial charge in [-0.2, -0.15) is 0 Å². The first-order valence-electron chi connectivity index (χ1n) is 21.1. The highest BCUT2D eigenvalue weighted by molar-refractivity contribution is 6.11. The minimum Gasteiger partial charge on any atom is -0.457 e. The number of nitrogens with zero attached hydrogens (tertiary/aromatic N) is 8. The molecule has 0 spiro atoms. The molecule has 0 saturated heterocycles. The first kappa shape index (κ1) is 36.5. The van der Waals surface area contributed by atoms with E-state index < -0.39 is 0 Å². The van der Waals surface area contributed by atoms with Crippen LogP contribution in [0.4, 0.5) is 0 Å². The summed E-state index contributed by atoms with van der Waals surface area (Å²) in [5, 5.41) is 6.63. The van der Waals surface area contributed by atoms with Crippen molar-refractivity contribution in [1.29, 1.82) is 0 Å². The third-order valence-electron chi connectivity index (χ3n) is 12.0. The van der Waals surface area contributed by atoms with Crippen molar-refractivity contribution in [2.75, 3.05) is 0 Å². The molecule has 10 heteroatoms. The minimum atomic E-state index is 0.486. The number of ether oxygens (including phenoxy) is 2. The van der Waals surface area contributed by atoms with Crippen LogP contribution in [0.25, 0.3) is 83.0 Å². The Labute approximate surface area is 361 Å². The molecule has 0 aliphatic rings. The van der Waals surface area contributed by atoms with E-state index in [1.165, 1.54) is 23.8 Å². The molecular formula is C53H38N8O2. The molecule has 63 heavy (non-hydrogen) atoms. The predicted molar refractivity (Wildman–Crippen MR) is 250 cm³/mol. The normalized spacial score (nSPS) is 11.8. The number of benzene rings is 6. The zero-order valence-electron chi connectivity index (χ0n) is 34.5. The second-order valence-corrected chi connectivity index (χ2v) is 15.7. The molecule has 12 aromatic rings. The molecule has 12 rings (SSSR count). The predicted octanol–water partition coefficient (Wildman–Crippen LogP) is 12.7. The molecular weight excluding hydrogens is 781 g/mol. The van der Waals surface area contributed by atoms with Crippen molar-refractivity contribution in [3.05, 3.63) is 182 Å². The van der Waals surface area contributed by atoms with Gasteiger partial charge in [0, 0.05) is 69.0 Å². The third kappa shape index (κ3) is 6.06. The van der Waals surface area contributed by atoms with Gasteiger partial charge in [-0.1, -0.05) is 50.2 Å². The highest BCUT2D eigenvalue weighted by Gasteiger charge is 2.19. The Morgan fingerprint density at radius 3 is 1.17 bits per heavy atom. The summed E-state index contributed by atoms with van der Waals surface area (Å²) in [6.45, 7) is 4.32. The topological polar surface area (TPSA) is 97.7 Å². The van der Waals surface area contributed by atoms with Gasteiger partial charge in [-0.3, -0.25) is 13.7 Å². The fourth-order valence-corrected chi connectivity index (χ4v) is 9.07. The Kier molecular flexibility index (Phi) is 8.49. The number of aryl methyl sites for hydroxylation is 2. The Balaban J connectivity index is 0.947. The van der Waals surface area contributed by atoms with E-state index in [1.54, 1.807) is 0 Å². The summed E-state index contributed by atoms with van der Waals surface area (Å²) in [4.78, 5) is 22.9. The van der Waals surface area contributed by atoms with Gasteiger partial charge in [-0.25, -0.2) is 24.9 Å². The fraction of sp³-hybridized carbons (Fsp3) is 0.0755. The van der Waals surface area contributed by atoms with Crippen LogP contribution >= 0.6 is 0 Å². The van der Waals surface area contributed by atoms with Crippen molar-refractivity contribution >= 4 is 65.4 Å². The minimum absolute atomic E-state index is 0.486. The standard InChI is InChI=1S/C53H38N8O2/c1-3-33-21-23-55-51(25-33)59-45-11-7-5-9-39(45)41-17-13-35(27-47(41)59)62-37-15-19-43-44-20-16-38(30-50(44)61(49(43)29-37)53-57-31-54-32-58-53)63-36-14-18-42-40-10-6-8-12-46(40)60(48(42)28-36)52-26-34(4-2)22-24-56-52/h5-32H,3-4H2,1-2H3. The van der Waals surface area contributed by atoms with Gasteiger partial charge >= 0.3 is 0 Å². The average molecular weight is 819 g/mol. The molecule has 0 atom stereocenters. The van der Waals surface area contributed by atoms with E-state index in [0.717, 1.165) is 89.9 Å². The summed E-state index contributed by atoms with van der Waals surface area (Å²) in [5.41, 5.74) is 8.45. The lowest BCUT2D eigenvalue weighted by molar-refractivity contribution is 0.484. The Morgan fingerprint density at radius 2 is 0.762 bits per heavy atom. The van der Waals surface area contributed by atoms with E-state index in [-0.39, 0.29) is 0 Å². The molecule has 0 amide bonds. The quantitative estimate of drug-likeness (QED) is 0.143. The zero-order valence-corrected chi connectivity index (χ0v) is 34.5. The van der Waals surface area contributed by atoms with Crippen LogP contribution in [-0.4, -0.2) is 38.6 Å². The summed E-state index contributed by atoms with van der Waals surface area (Å²) in [6, 6.07) is 50.2. The van der Waals surface area contributed by atoms with Crippen molar-refractivity contribution < 1.29 is 9.47 Å². The van der Waals surface area contributed by atoms with Crippen LogP contribution in [-0.2, 0) is 12.8 Å². The molecule has 6 aromatic carbocycles. The van der Waals surface area contributed by atoms with Crippen LogP contribution in [0.15, 0.2) is 171 Å². The number of hydrogen-bond acceptors (Lipinski definition) is 7. The van der Waals surface area contributed by atoms with E-state index in [4.69, 9.17) is 19.4 Å². The smallest absolute Gasteiger partial charge is 0.237 e. The molecule has 10 nitrogen and oxygen atoms in total. The second-order valence-electron chi connectivity index (χ2n) is 15.7. The summed E-state index contributed by atoms with van der Waals surface area (Å²) in [7, 11) is 0. The van der Waals surface area contributed by atoms with Gasteiger partial charge in [0.15, 0.2) is 0 Å². The molecule has 0 bridgehead atoms. The largest absolute Gasteiger partial charge is 0.457 e. The maximum Gasteiger partial charge on any atom is 0.237 e. The molecule has 0 aliphatic heterocycles. The van der Waals surface area contributed by atoms with Gasteiger partial charge in [0.25, 0.3) is 0 Å². The van der Waals surface area contributed by atoms with Crippen molar-refractivity contribution in [1.82, 2.24) is 38.6 Å². The molecule has 0 unspecified atom stereocenters. The Bertz CT molecular complexity index is 3510. The van der Waals surface area contributed by atoms with E-state index in [9.17, 15) is 0 Å². The monoisotopic (exact) mass is 818 g/mol. The summed E-state index contributed by atoms with van der Waals surface area (Å²) in [5.74, 6) is 5.01. The van der Waals surface area contributed by atoms with Crippen LogP contribution in [0.2, 0.25) is 0 Å². The number of pyridine rings is 2. The SMILES string of the molecule is CCc1ccnc(-n2c3ccccc3c3ccc(Oc4ccc5c6ccc(Oc7ccc8c9ccccc9n(-c9cc(CC)ccn9)c8c7)cc6n(-c6ncncn6)c5c4)cc32)c1. The van der Waals surface area contributed by atoms with Gasteiger partial charge in [0.2, 0.25) is 5.95 Å². The molecule has 0 aliphatic carbocycles. The number of aromatic nitrogens is 8. The highest BCUT2D eigenvalue weighted by Crippen LogP contribution is 2.40. The molecule has 6 heterocycles. The Hall–Kier alpha value is -8.37. The van der Waals surface area contributed by atoms with E-state index in [2.05, 4.69) is 147 Å². The van der Waals surface area contributed by atoms with Crippen LogP contribution < -0.4 is 9.47 Å². The van der Waals surface area contributed by atoms with E-state index >= 15 is 0 Å². The van der Waals surface area contributed by atoms with Crippen molar-refractivity contribution in [3.63, 3.8) is 0 Å². The van der Waals surface area contributed by atoms with Crippen LogP contribution in [0.1, 0.15) is 25.0 Å². The van der Waals surface area contributed by atoms with Crippen molar-refractivity contribution in [3.8, 4) is 40.6 Å². The van der Waals surface area contributed by atoms with E-state index in [1.807, 2.05) is 53.4 Å². The molecule has 302 valence electrons. The maximum atomic E-state index is 6.70. The summed E-state index contributed by atoms with van der Waals surface area (Å²) >= 11 is 0. The number of rotatable bonds is 9. The number of para-hydroxylation sites is 2. The van der Waals surface area contributed by atoms with Crippen molar-refractivity contribution in [2.24, 2.45) is 0 Å². The lowest BCUT2D eigenvalue weighted by Crippen LogP contribution is -2.01. The molecule has 0 saturated carbocycles.